The zero-order chi connectivity index (χ0) is 50.8. The number of hydrogen-bond acceptors (Lipinski definition) is 9. The molecule has 1 aromatic heterocycles. The molecule has 8 rings (SSSR count). The van der Waals surface area contributed by atoms with Gasteiger partial charge in [-0.2, -0.15) is 8.78 Å². The van der Waals surface area contributed by atoms with Gasteiger partial charge in [0.25, 0.3) is 11.8 Å². The molecule has 5 heterocycles. The number of carbonyl (C=O) groups excluding carboxylic acids is 6. The summed E-state index contributed by atoms with van der Waals surface area (Å²) < 4.78 is 47.5. The summed E-state index contributed by atoms with van der Waals surface area (Å²) in [7, 11) is -5.83. The number of benzene rings is 3. The van der Waals surface area contributed by atoms with Gasteiger partial charge in [-0.05, 0) is 84.4 Å². The molecule has 0 aliphatic carbocycles. The number of rotatable bonds is 14. The van der Waals surface area contributed by atoms with E-state index in [0.29, 0.717) is 42.8 Å². The summed E-state index contributed by atoms with van der Waals surface area (Å²) in [4.78, 5) is 104. The molecule has 2 unspecified atom stereocenters. The monoisotopic (exact) mass is 1010 g/mol. The number of amides is 6. The van der Waals surface area contributed by atoms with Gasteiger partial charge in [-0.3, -0.25) is 38.6 Å². The molecular formula is C52H58F2N5O10PS. The van der Waals surface area contributed by atoms with Crippen molar-refractivity contribution in [3.8, 4) is 11.8 Å². The van der Waals surface area contributed by atoms with Crippen molar-refractivity contribution in [1.82, 2.24) is 25.3 Å². The van der Waals surface area contributed by atoms with E-state index in [1.807, 2.05) is 29.2 Å². The minimum atomic E-state index is -5.83. The van der Waals surface area contributed by atoms with E-state index in [0.717, 1.165) is 65.8 Å². The average Bonchev–Trinajstić information content (AvgIpc) is 4.06. The van der Waals surface area contributed by atoms with Crippen LogP contribution in [0.15, 0.2) is 72.8 Å². The lowest BCUT2D eigenvalue weighted by molar-refractivity contribution is -0.146. The van der Waals surface area contributed by atoms with Crippen LogP contribution in [0.4, 0.5) is 8.78 Å². The second-order valence-corrected chi connectivity index (χ2v) is 22.6. The van der Waals surface area contributed by atoms with E-state index in [2.05, 4.69) is 34.6 Å². The van der Waals surface area contributed by atoms with Crippen LogP contribution in [0.25, 0.3) is 10.1 Å². The highest BCUT2D eigenvalue weighted by molar-refractivity contribution is 7.52. The Labute approximate surface area is 414 Å². The van der Waals surface area contributed by atoms with E-state index in [4.69, 9.17) is 4.74 Å². The number of unbranched alkanes of at least 4 members (excludes halogenated alkanes) is 3. The number of hydrogen-bond donors (Lipinski definition) is 4. The van der Waals surface area contributed by atoms with Gasteiger partial charge in [-0.25, -0.2) is 0 Å². The number of piperidine rings is 2. The van der Waals surface area contributed by atoms with E-state index in [1.165, 1.54) is 21.9 Å². The standard InChI is InChI=1S/C52H58F2N5O10PS/c1-51(2,3)45(56-47(62)43-27-35-26-36(20-22-42(35)71-43)52(53,54)70(66,67)68)50(65)58-30-37(28-41(58)49(64)57-24-13-18-34(29-57)32-14-9-7-10-15-32)69-25-11-6-4-5-8-16-33-17-12-19-38-39(33)31-59(48(38)63)40-21-23-44(60)55-46(40)61/h7,9-10,12,14-15,17,19-20,22,26-27,34,37,40-41,45H,4-6,11,13,18,21,23-25,28-31H2,1-3H3,(H,56,62)(H,55,60,61)(H2,66,67,68)/t34-,37+,40?,41-,45?/m0/s1. The lowest BCUT2D eigenvalue weighted by atomic mass is 9.85. The molecule has 3 aromatic carbocycles. The molecule has 6 amide bonds. The van der Waals surface area contributed by atoms with Crippen LogP contribution in [-0.4, -0.2) is 110 Å². The molecule has 19 heteroatoms. The lowest BCUT2D eigenvalue weighted by Gasteiger charge is -2.38. The van der Waals surface area contributed by atoms with Gasteiger partial charge in [0.15, 0.2) is 0 Å². The van der Waals surface area contributed by atoms with Gasteiger partial charge in [0, 0.05) is 79.4 Å². The molecular weight excluding hydrogens is 956 g/mol. The molecule has 4 aliphatic heterocycles. The first-order valence-electron chi connectivity index (χ1n) is 24.0. The highest BCUT2D eigenvalue weighted by Gasteiger charge is 2.51. The van der Waals surface area contributed by atoms with E-state index < -0.39 is 66.2 Å². The van der Waals surface area contributed by atoms with Crippen molar-refractivity contribution in [1.29, 1.82) is 0 Å². The first kappa shape index (κ1) is 51.5. The summed E-state index contributed by atoms with van der Waals surface area (Å²) in [5.41, 5.74) is -3.05. The van der Waals surface area contributed by atoms with Crippen LogP contribution in [0.5, 0.6) is 0 Å². The molecule has 0 bridgehead atoms. The molecule has 0 spiro atoms. The van der Waals surface area contributed by atoms with Crippen molar-refractivity contribution >= 4 is 64.5 Å². The maximum Gasteiger partial charge on any atom is 0.399 e. The van der Waals surface area contributed by atoms with Gasteiger partial charge in [-0.15, -0.1) is 11.3 Å². The van der Waals surface area contributed by atoms with Crippen LogP contribution in [0.3, 0.4) is 0 Å². The summed E-state index contributed by atoms with van der Waals surface area (Å²) in [6, 6.07) is 17.2. The van der Waals surface area contributed by atoms with Gasteiger partial charge < -0.3 is 34.5 Å². The normalized spacial score (nSPS) is 21.2. The summed E-state index contributed by atoms with van der Waals surface area (Å²) >= 11 is 0.981. The molecule has 376 valence electrons. The fourth-order valence-electron chi connectivity index (χ4n) is 9.91. The Bertz CT molecular complexity index is 2840. The average molecular weight is 1010 g/mol. The van der Waals surface area contributed by atoms with Crippen molar-refractivity contribution in [2.24, 2.45) is 5.41 Å². The Hall–Kier alpha value is -5.83. The quantitative estimate of drug-likeness (QED) is 0.0439. The van der Waals surface area contributed by atoms with E-state index in [9.17, 15) is 51.9 Å². The fourth-order valence-corrected chi connectivity index (χ4v) is 11.3. The number of halogens is 2. The zero-order valence-corrected chi connectivity index (χ0v) is 41.5. The van der Waals surface area contributed by atoms with Crippen LogP contribution in [-0.2, 0) is 40.7 Å². The smallest absolute Gasteiger partial charge is 0.376 e. The van der Waals surface area contributed by atoms with Crippen LogP contribution in [0.1, 0.15) is 127 Å². The van der Waals surface area contributed by atoms with Crippen LogP contribution in [0, 0.1) is 17.3 Å². The first-order valence-corrected chi connectivity index (χ1v) is 26.4. The number of nitrogens with zero attached hydrogens (tertiary/aromatic N) is 3. The Morgan fingerprint density at radius 1 is 0.972 bits per heavy atom. The number of nitrogens with one attached hydrogen (secondary N) is 2. The van der Waals surface area contributed by atoms with E-state index in [-0.39, 0.29) is 66.3 Å². The SMILES string of the molecule is CC(C)(C)C(NC(=O)c1cc2cc(C(F)(F)P(=O)(O)O)ccc2s1)C(=O)N1C[C@H](OCCCCCC#Cc2cccc3c2CN(C2CCC(=O)NC2=O)C3=O)C[C@H]1C(=O)N1CCC[C@H](c2ccccc2)C1. The van der Waals surface area contributed by atoms with Crippen LogP contribution in [0.2, 0.25) is 0 Å². The van der Waals surface area contributed by atoms with Crippen LogP contribution < -0.4 is 10.6 Å². The summed E-state index contributed by atoms with van der Waals surface area (Å²) in [6.45, 7) is 7.14. The number of likely N-dealkylation sites (tertiary alicyclic amines) is 2. The molecule has 3 saturated heterocycles. The second-order valence-electron chi connectivity index (χ2n) is 19.8. The second kappa shape index (κ2) is 21.1. The van der Waals surface area contributed by atoms with Crippen molar-refractivity contribution < 1.29 is 56.6 Å². The molecule has 5 atom stereocenters. The number of carbonyl (C=O) groups is 6. The Kier molecular flexibility index (Phi) is 15.3. The van der Waals surface area contributed by atoms with Gasteiger partial charge in [0.1, 0.15) is 18.1 Å². The third kappa shape index (κ3) is 11.3. The molecule has 0 radical (unpaired) electrons. The van der Waals surface area contributed by atoms with Crippen molar-refractivity contribution in [3.63, 3.8) is 0 Å². The Morgan fingerprint density at radius 2 is 1.75 bits per heavy atom. The van der Waals surface area contributed by atoms with Crippen molar-refractivity contribution in [2.45, 2.75) is 121 Å². The maximum atomic E-state index is 14.9. The lowest BCUT2D eigenvalue weighted by Crippen LogP contribution is -2.58. The number of ether oxygens (including phenoxy) is 1. The van der Waals surface area contributed by atoms with Crippen molar-refractivity contribution in [3.05, 3.63) is 105 Å². The predicted octanol–water partition coefficient (Wildman–Crippen LogP) is 7.04. The minimum absolute atomic E-state index is 0.0960. The van der Waals surface area contributed by atoms with Gasteiger partial charge >= 0.3 is 13.3 Å². The largest absolute Gasteiger partial charge is 0.399 e. The molecule has 71 heavy (non-hydrogen) atoms. The zero-order valence-electron chi connectivity index (χ0n) is 39.8. The van der Waals surface area contributed by atoms with E-state index >= 15 is 0 Å². The molecule has 0 saturated carbocycles. The van der Waals surface area contributed by atoms with Crippen molar-refractivity contribution in [2.75, 3.05) is 26.2 Å². The molecule has 3 fully saturated rings. The number of alkyl halides is 2. The Morgan fingerprint density at radius 3 is 2.48 bits per heavy atom. The first-order chi connectivity index (χ1) is 33.7. The van der Waals surface area contributed by atoms with Gasteiger partial charge in [0.2, 0.25) is 23.6 Å². The molecule has 4 aliphatic rings. The number of imide groups is 1. The third-order valence-electron chi connectivity index (χ3n) is 13.8. The molecule has 4 N–H and O–H groups in total. The van der Waals surface area contributed by atoms with Crippen LogP contribution >= 0.6 is 18.9 Å². The van der Waals surface area contributed by atoms with Gasteiger partial charge in [0.05, 0.1) is 11.0 Å². The fraction of sp³-hybridized carbons (Fsp3) is 0.462. The predicted molar refractivity (Wildman–Crippen MR) is 261 cm³/mol. The Balaban J connectivity index is 0.912. The summed E-state index contributed by atoms with van der Waals surface area (Å²) in [5.74, 6) is 4.19. The highest BCUT2D eigenvalue weighted by atomic mass is 32.1. The number of fused-ring (bicyclic) bond motifs is 2. The third-order valence-corrected chi connectivity index (χ3v) is 15.9. The van der Waals surface area contributed by atoms with E-state index in [1.54, 1.807) is 32.9 Å². The maximum absolute atomic E-state index is 14.9. The molecule has 4 aromatic rings. The summed E-state index contributed by atoms with van der Waals surface area (Å²) in [5, 5.41) is 5.37. The minimum Gasteiger partial charge on any atom is -0.376 e. The van der Waals surface area contributed by atoms with Gasteiger partial charge in [-0.1, -0.05) is 81.5 Å². The number of thiophene rings is 1. The summed E-state index contributed by atoms with van der Waals surface area (Å²) in [6.07, 6.45) is 4.80. The highest BCUT2D eigenvalue weighted by Crippen LogP contribution is 2.59. The topological polar surface area (TPSA) is 203 Å². The molecule has 15 nitrogen and oxygen atoms in total.